The molecule has 0 radical (unpaired) electrons. The lowest BCUT2D eigenvalue weighted by molar-refractivity contribution is 0.156. The highest BCUT2D eigenvalue weighted by atomic mass is 19.1. The standard InChI is InChI=1S/C22H25FN4/c1-17-12-25-22(20-7-3-9-24-13-20)27(17)16-19-6-4-10-26(15-19)14-18-5-2-8-21(23)11-18/h2-3,5,7-9,11-13,19H,4,6,10,14-16H2,1H3. The molecule has 0 spiro atoms. The minimum atomic E-state index is -0.156. The number of pyridine rings is 1. The smallest absolute Gasteiger partial charge is 0.141 e. The predicted octanol–water partition coefficient (Wildman–Crippen LogP) is 4.30. The number of halogens is 1. The summed E-state index contributed by atoms with van der Waals surface area (Å²) < 4.78 is 15.8. The van der Waals surface area contributed by atoms with Crippen molar-refractivity contribution >= 4 is 0 Å². The van der Waals surface area contributed by atoms with Crippen LogP contribution in [0.3, 0.4) is 0 Å². The van der Waals surface area contributed by atoms with Crippen LogP contribution in [0.1, 0.15) is 24.1 Å². The number of aromatic nitrogens is 3. The Labute approximate surface area is 159 Å². The van der Waals surface area contributed by atoms with Gasteiger partial charge in [0.05, 0.1) is 0 Å². The zero-order valence-electron chi connectivity index (χ0n) is 15.7. The molecule has 0 N–H and O–H groups in total. The van der Waals surface area contributed by atoms with E-state index in [1.54, 1.807) is 18.3 Å². The quantitative estimate of drug-likeness (QED) is 0.677. The first-order valence-corrected chi connectivity index (χ1v) is 9.58. The minimum absolute atomic E-state index is 0.156. The van der Waals surface area contributed by atoms with Gasteiger partial charge in [-0.15, -0.1) is 0 Å². The van der Waals surface area contributed by atoms with Gasteiger partial charge in [-0.1, -0.05) is 12.1 Å². The molecule has 1 aliphatic heterocycles. The second kappa shape index (κ2) is 8.01. The van der Waals surface area contributed by atoms with Crippen molar-refractivity contribution in [2.45, 2.75) is 32.9 Å². The van der Waals surface area contributed by atoms with Crippen molar-refractivity contribution in [2.75, 3.05) is 13.1 Å². The van der Waals surface area contributed by atoms with Gasteiger partial charge in [0.15, 0.2) is 0 Å². The average molecular weight is 364 g/mol. The van der Waals surface area contributed by atoms with E-state index in [2.05, 4.69) is 32.4 Å². The summed E-state index contributed by atoms with van der Waals surface area (Å²) in [7, 11) is 0. The van der Waals surface area contributed by atoms with Gasteiger partial charge in [-0.25, -0.2) is 9.37 Å². The fourth-order valence-electron chi connectivity index (χ4n) is 4.01. The maximum absolute atomic E-state index is 13.5. The third kappa shape index (κ3) is 4.25. The summed E-state index contributed by atoms with van der Waals surface area (Å²) >= 11 is 0. The van der Waals surface area contributed by atoms with E-state index in [9.17, 15) is 4.39 Å². The van der Waals surface area contributed by atoms with Gasteiger partial charge in [0.25, 0.3) is 0 Å². The summed E-state index contributed by atoms with van der Waals surface area (Å²) in [5, 5.41) is 0. The number of nitrogens with zero attached hydrogens (tertiary/aromatic N) is 4. The number of aryl methyl sites for hydroxylation is 1. The van der Waals surface area contributed by atoms with Crippen molar-refractivity contribution in [2.24, 2.45) is 5.92 Å². The number of imidazole rings is 1. The monoisotopic (exact) mass is 364 g/mol. The summed E-state index contributed by atoms with van der Waals surface area (Å²) in [4.78, 5) is 11.3. The van der Waals surface area contributed by atoms with Crippen LogP contribution in [0.15, 0.2) is 55.0 Å². The molecule has 3 heterocycles. The Bertz CT molecular complexity index is 890. The maximum atomic E-state index is 13.5. The minimum Gasteiger partial charge on any atom is -0.328 e. The first-order chi connectivity index (χ1) is 13.2. The number of benzene rings is 1. The van der Waals surface area contributed by atoms with E-state index < -0.39 is 0 Å². The molecule has 1 saturated heterocycles. The Hall–Kier alpha value is -2.53. The Kier molecular flexibility index (Phi) is 5.30. The SMILES string of the molecule is Cc1cnc(-c2cccnc2)n1CC1CCCN(Cc2cccc(F)c2)C1. The molecule has 1 unspecified atom stereocenters. The molecular weight excluding hydrogens is 339 g/mol. The molecule has 140 valence electrons. The summed E-state index contributed by atoms with van der Waals surface area (Å²) in [5.74, 6) is 1.40. The number of rotatable bonds is 5. The van der Waals surface area contributed by atoms with Crippen molar-refractivity contribution in [3.05, 3.63) is 72.1 Å². The number of hydrogen-bond donors (Lipinski definition) is 0. The second-order valence-electron chi connectivity index (χ2n) is 7.45. The van der Waals surface area contributed by atoms with E-state index in [1.165, 1.54) is 24.6 Å². The second-order valence-corrected chi connectivity index (χ2v) is 7.45. The third-order valence-electron chi connectivity index (χ3n) is 5.31. The van der Waals surface area contributed by atoms with Crippen LogP contribution in [0.25, 0.3) is 11.4 Å². The largest absolute Gasteiger partial charge is 0.328 e. The zero-order chi connectivity index (χ0) is 18.6. The average Bonchev–Trinajstić information content (AvgIpc) is 3.03. The maximum Gasteiger partial charge on any atom is 0.141 e. The van der Waals surface area contributed by atoms with Gasteiger partial charge < -0.3 is 4.57 Å². The molecule has 1 aliphatic rings. The van der Waals surface area contributed by atoms with Crippen molar-refractivity contribution in [1.82, 2.24) is 19.4 Å². The highest BCUT2D eigenvalue weighted by molar-refractivity contribution is 5.54. The molecule has 0 bridgehead atoms. The van der Waals surface area contributed by atoms with E-state index >= 15 is 0 Å². The van der Waals surface area contributed by atoms with Gasteiger partial charge in [0, 0.05) is 49.5 Å². The zero-order valence-corrected chi connectivity index (χ0v) is 15.7. The van der Waals surface area contributed by atoms with Crippen LogP contribution in [0.4, 0.5) is 4.39 Å². The Morgan fingerprint density at radius 1 is 1.19 bits per heavy atom. The molecule has 5 heteroatoms. The van der Waals surface area contributed by atoms with E-state index in [-0.39, 0.29) is 5.82 Å². The number of likely N-dealkylation sites (tertiary alicyclic amines) is 1. The Morgan fingerprint density at radius 3 is 2.93 bits per heavy atom. The predicted molar refractivity (Wildman–Crippen MR) is 105 cm³/mol. The van der Waals surface area contributed by atoms with Crippen molar-refractivity contribution < 1.29 is 4.39 Å². The van der Waals surface area contributed by atoms with E-state index in [4.69, 9.17) is 0 Å². The molecule has 0 saturated carbocycles. The summed E-state index contributed by atoms with van der Waals surface area (Å²) in [6.45, 7) is 5.98. The van der Waals surface area contributed by atoms with Gasteiger partial charge in [0.2, 0.25) is 0 Å². The molecule has 4 nitrogen and oxygen atoms in total. The van der Waals surface area contributed by atoms with Crippen molar-refractivity contribution in [3.8, 4) is 11.4 Å². The summed E-state index contributed by atoms with van der Waals surface area (Å²) in [6, 6.07) is 11.0. The summed E-state index contributed by atoms with van der Waals surface area (Å²) in [6.07, 6.45) is 7.99. The van der Waals surface area contributed by atoms with Crippen LogP contribution in [0, 0.1) is 18.7 Å². The fourth-order valence-corrected chi connectivity index (χ4v) is 4.01. The van der Waals surface area contributed by atoms with Crippen LogP contribution < -0.4 is 0 Å². The third-order valence-corrected chi connectivity index (χ3v) is 5.31. The van der Waals surface area contributed by atoms with Gasteiger partial charge in [-0.3, -0.25) is 9.88 Å². The normalized spacial score (nSPS) is 17.9. The highest BCUT2D eigenvalue weighted by Gasteiger charge is 2.22. The van der Waals surface area contributed by atoms with Crippen LogP contribution in [-0.4, -0.2) is 32.5 Å². The van der Waals surface area contributed by atoms with Gasteiger partial charge in [-0.05, 0) is 62.1 Å². The number of hydrogen-bond acceptors (Lipinski definition) is 3. The molecule has 3 aromatic rings. The van der Waals surface area contributed by atoms with Crippen LogP contribution in [-0.2, 0) is 13.1 Å². The number of piperidine rings is 1. The molecule has 0 amide bonds. The van der Waals surface area contributed by atoms with Gasteiger partial charge in [-0.2, -0.15) is 0 Å². The molecule has 27 heavy (non-hydrogen) atoms. The van der Waals surface area contributed by atoms with E-state index in [0.717, 1.165) is 43.1 Å². The van der Waals surface area contributed by atoms with Crippen molar-refractivity contribution in [1.29, 1.82) is 0 Å². The molecule has 1 fully saturated rings. The molecule has 1 aromatic carbocycles. The molecule has 0 aliphatic carbocycles. The topological polar surface area (TPSA) is 34.0 Å². The highest BCUT2D eigenvalue weighted by Crippen LogP contribution is 2.25. The van der Waals surface area contributed by atoms with Crippen LogP contribution in [0.2, 0.25) is 0 Å². The lowest BCUT2D eigenvalue weighted by Crippen LogP contribution is -2.36. The fraction of sp³-hybridized carbons (Fsp3) is 0.364. The van der Waals surface area contributed by atoms with E-state index in [0.29, 0.717) is 5.92 Å². The van der Waals surface area contributed by atoms with Gasteiger partial charge >= 0.3 is 0 Å². The lowest BCUT2D eigenvalue weighted by Gasteiger charge is -2.33. The Morgan fingerprint density at radius 2 is 2.11 bits per heavy atom. The van der Waals surface area contributed by atoms with E-state index in [1.807, 2.05) is 24.5 Å². The van der Waals surface area contributed by atoms with Crippen LogP contribution >= 0.6 is 0 Å². The van der Waals surface area contributed by atoms with Crippen molar-refractivity contribution in [3.63, 3.8) is 0 Å². The molecule has 1 atom stereocenters. The first kappa shape index (κ1) is 17.9. The lowest BCUT2D eigenvalue weighted by atomic mass is 9.97. The first-order valence-electron chi connectivity index (χ1n) is 9.58. The van der Waals surface area contributed by atoms with Crippen LogP contribution in [0.5, 0.6) is 0 Å². The Balaban J connectivity index is 1.46. The molecule has 4 rings (SSSR count). The molecule has 2 aromatic heterocycles. The molecular formula is C22H25FN4. The van der Waals surface area contributed by atoms with Gasteiger partial charge in [0.1, 0.15) is 11.6 Å². The summed E-state index contributed by atoms with van der Waals surface area (Å²) in [5.41, 5.74) is 3.28.